The molecule has 0 aromatic heterocycles. The average Bonchev–Trinajstić information content (AvgIpc) is 2.38. The molecule has 0 radical (unpaired) electrons. The molecule has 0 N–H and O–H groups in total. The minimum Gasteiger partial charge on any atom is -0.482 e. The summed E-state index contributed by atoms with van der Waals surface area (Å²) in [4.78, 5) is 16.9. The predicted octanol–water partition coefficient (Wildman–Crippen LogP) is 2.27. The van der Waals surface area contributed by atoms with E-state index in [-0.39, 0.29) is 12.5 Å². The molecule has 0 atom stereocenters. The van der Waals surface area contributed by atoms with Gasteiger partial charge in [0.2, 0.25) is 0 Å². The lowest BCUT2D eigenvalue weighted by Crippen LogP contribution is -2.38. The number of amides is 1. The number of ether oxygens (including phenoxy) is 1. The van der Waals surface area contributed by atoms with Crippen molar-refractivity contribution < 1.29 is 14.4 Å². The lowest BCUT2D eigenvalue weighted by atomic mass is 10.3. The van der Waals surface area contributed by atoms with Crippen LogP contribution in [0.1, 0.15) is 12.8 Å². The summed E-state index contributed by atoms with van der Waals surface area (Å²) in [7, 11) is 0. The van der Waals surface area contributed by atoms with E-state index in [1.54, 1.807) is 12.1 Å². The van der Waals surface area contributed by atoms with E-state index in [1.807, 2.05) is 12.1 Å². The highest BCUT2D eigenvalue weighted by molar-refractivity contribution is 6.32. The second-order valence-electron chi connectivity index (χ2n) is 3.76. The number of para-hydroxylation sites is 1. The fourth-order valence-corrected chi connectivity index (χ4v) is 1.76. The van der Waals surface area contributed by atoms with Crippen molar-refractivity contribution >= 4 is 17.5 Å². The Kier molecular flexibility index (Phi) is 4.23. The number of carbonyl (C=O) groups is 1. The molecule has 92 valence electrons. The lowest BCUT2D eigenvalue weighted by Gasteiger charge is -2.25. The zero-order valence-electron chi connectivity index (χ0n) is 9.39. The first-order valence-corrected chi connectivity index (χ1v) is 5.96. The van der Waals surface area contributed by atoms with Crippen molar-refractivity contribution in [2.75, 3.05) is 19.8 Å². The highest BCUT2D eigenvalue weighted by atomic mass is 35.5. The van der Waals surface area contributed by atoms with E-state index in [1.165, 1.54) is 5.06 Å². The smallest absolute Gasteiger partial charge is 0.283 e. The average molecular weight is 256 g/mol. The van der Waals surface area contributed by atoms with E-state index in [0.717, 1.165) is 12.8 Å². The monoisotopic (exact) mass is 255 g/mol. The van der Waals surface area contributed by atoms with Gasteiger partial charge in [0.05, 0.1) is 11.6 Å². The van der Waals surface area contributed by atoms with E-state index < -0.39 is 0 Å². The van der Waals surface area contributed by atoms with Gasteiger partial charge in [-0.1, -0.05) is 23.7 Å². The van der Waals surface area contributed by atoms with Crippen LogP contribution in [0.3, 0.4) is 0 Å². The summed E-state index contributed by atoms with van der Waals surface area (Å²) < 4.78 is 5.35. The molecule has 1 aliphatic heterocycles. The maximum atomic E-state index is 11.7. The van der Waals surface area contributed by atoms with E-state index in [2.05, 4.69) is 0 Å². The number of hydrogen-bond donors (Lipinski definition) is 0. The van der Waals surface area contributed by atoms with Crippen LogP contribution in [0.5, 0.6) is 5.75 Å². The Bertz CT molecular complexity index is 391. The molecule has 0 spiro atoms. The van der Waals surface area contributed by atoms with Crippen molar-refractivity contribution in [2.45, 2.75) is 12.8 Å². The molecular weight excluding hydrogens is 242 g/mol. The van der Waals surface area contributed by atoms with Gasteiger partial charge in [0.15, 0.2) is 6.61 Å². The van der Waals surface area contributed by atoms with Crippen LogP contribution in [0.25, 0.3) is 0 Å². The van der Waals surface area contributed by atoms with Crippen LogP contribution in [0.2, 0.25) is 5.02 Å². The van der Waals surface area contributed by atoms with E-state index in [0.29, 0.717) is 23.9 Å². The first-order valence-electron chi connectivity index (χ1n) is 5.58. The maximum absolute atomic E-state index is 11.7. The minimum atomic E-state index is -0.176. The predicted molar refractivity (Wildman–Crippen MR) is 63.8 cm³/mol. The highest BCUT2D eigenvalue weighted by Gasteiger charge is 2.18. The fourth-order valence-electron chi connectivity index (χ4n) is 1.57. The summed E-state index contributed by atoms with van der Waals surface area (Å²) in [5.74, 6) is 0.337. The summed E-state index contributed by atoms with van der Waals surface area (Å²) in [6.07, 6.45) is 1.97. The zero-order chi connectivity index (χ0) is 12.1. The minimum absolute atomic E-state index is 0.0519. The van der Waals surface area contributed by atoms with Gasteiger partial charge in [-0.2, -0.15) is 0 Å². The number of benzene rings is 1. The molecule has 1 fully saturated rings. The molecule has 1 aromatic carbocycles. The molecule has 0 unspecified atom stereocenters. The third kappa shape index (κ3) is 3.35. The number of halogens is 1. The van der Waals surface area contributed by atoms with Gasteiger partial charge in [0, 0.05) is 6.54 Å². The van der Waals surface area contributed by atoms with Crippen molar-refractivity contribution in [3.8, 4) is 5.75 Å². The van der Waals surface area contributed by atoms with E-state index >= 15 is 0 Å². The molecule has 0 bridgehead atoms. The third-order valence-electron chi connectivity index (χ3n) is 2.47. The van der Waals surface area contributed by atoms with Crippen LogP contribution >= 0.6 is 11.6 Å². The highest BCUT2D eigenvalue weighted by Crippen LogP contribution is 2.23. The molecule has 1 heterocycles. The van der Waals surface area contributed by atoms with Crippen molar-refractivity contribution in [3.05, 3.63) is 29.3 Å². The molecule has 1 saturated heterocycles. The Morgan fingerprint density at radius 3 is 2.94 bits per heavy atom. The Hall–Kier alpha value is -1.26. The van der Waals surface area contributed by atoms with Crippen LogP contribution in [0, 0.1) is 0 Å². The Labute approximate surface area is 105 Å². The van der Waals surface area contributed by atoms with Gasteiger partial charge in [-0.25, -0.2) is 5.06 Å². The summed E-state index contributed by atoms with van der Waals surface area (Å²) in [6.45, 7) is 1.17. The molecule has 1 amide bonds. The van der Waals surface area contributed by atoms with Crippen LogP contribution in [0.4, 0.5) is 0 Å². The van der Waals surface area contributed by atoms with Gasteiger partial charge in [-0.05, 0) is 25.0 Å². The van der Waals surface area contributed by atoms with Gasteiger partial charge >= 0.3 is 0 Å². The summed E-state index contributed by atoms with van der Waals surface area (Å²) in [6, 6.07) is 7.07. The van der Waals surface area contributed by atoms with Crippen LogP contribution < -0.4 is 4.74 Å². The lowest BCUT2D eigenvalue weighted by molar-refractivity contribution is -0.198. The molecule has 1 aliphatic rings. The molecule has 17 heavy (non-hydrogen) atoms. The Morgan fingerprint density at radius 1 is 1.41 bits per heavy atom. The maximum Gasteiger partial charge on any atom is 0.283 e. The van der Waals surface area contributed by atoms with Gasteiger partial charge in [-0.15, -0.1) is 0 Å². The van der Waals surface area contributed by atoms with Crippen LogP contribution in [-0.4, -0.2) is 30.7 Å². The molecule has 0 saturated carbocycles. The van der Waals surface area contributed by atoms with Crippen LogP contribution in [-0.2, 0) is 9.63 Å². The van der Waals surface area contributed by atoms with Crippen molar-refractivity contribution in [1.82, 2.24) is 5.06 Å². The van der Waals surface area contributed by atoms with Crippen molar-refractivity contribution in [2.24, 2.45) is 0 Å². The third-order valence-corrected chi connectivity index (χ3v) is 2.78. The number of hydroxylamine groups is 2. The summed E-state index contributed by atoms with van der Waals surface area (Å²) in [5.41, 5.74) is 0. The normalized spacial score (nSPS) is 15.7. The van der Waals surface area contributed by atoms with Gasteiger partial charge in [0.25, 0.3) is 5.91 Å². The van der Waals surface area contributed by atoms with Gasteiger partial charge < -0.3 is 4.74 Å². The summed E-state index contributed by atoms with van der Waals surface area (Å²) in [5, 5.41) is 1.86. The molecule has 2 rings (SSSR count). The number of carbonyl (C=O) groups excluding carboxylic acids is 1. The fraction of sp³-hybridized carbons (Fsp3) is 0.417. The van der Waals surface area contributed by atoms with E-state index in [4.69, 9.17) is 21.2 Å². The first kappa shape index (κ1) is 12.2. The number of hydrogen-bond acceptors (Lipinski definition) is 3. The standard InChI is InChI=1S/C12H14ClNO3/c13-10-5-1-2-6-11(10)16-9-12(15)14-7-3-4-8-17-14/h1-2,5-6H,3-4,7-9H2. The quantitative estimate of drug-likeness (QED) is 0.832. The molecule has 0 aliphatic carbocycles. The van der Waals surface area contributed by atoms with Gasteiger partial charge in [0.1, 0.15) is 5.75 Å². The molecule has 5 heteroatoms. The van der Waals surface area contributed by atoms with Gasteiger partial charge in [-0.3, -0.25) is 9.63 Å². The molecular formula is C12H14ClNO3. The summed E-state index contributed by atoms with van der Waals surface area (Å²) >= 11 is 5.91. The second-order valence-corrected chi connectivity index (χ2v) is 4.16. The Morgan fingerprint density at radius 2 is 2.24 bits per heavy atom. The zero-order valence-corrected chi connectivity index (χ0v) is 10.2. The second kappa shape index (κ2) is 5.89. The largest absolute Gasteiger partial charge is 0.482 e. The van der Waals surface area contributed by atoms with E-state index in [9.17, 15) is 4.79 Å². The van der Waals surface area contributed by atoms with Crippen molar-refractivity contribution in [3.63, 3.8) is 0 Å². The van der Waals surface area contributed by atoms with Crippen LogP contribution in [0.15, 0.2) is 24.3 Å². The Balaban J connectivity index is 1.85. The van der Waals surface area contributed by atoms with Crippen molar-refractivity contribution in [1.29, 1.82) is 0 Å². The number of rotatable bonds is 3. The molecule has 1 aromatic rings. The SMILES string of the molecule is O=C(COc1ccccc1Cl)N1CCCCO1. The topological polar surface area (TPSA) is 38.8 Å². The molecule has 4 nitrogen and oxygen atoms in total. The number of nitrogens with zero attached hydrogens (tertiary/aromatic N) is 1. The first-order chi connectivity index (χ1) is 8.27.